The van der Waals surface area contributed by atoms with Crippen molar-refractivity contribution in [1.29, 1.82) is 0 Å². The molecule has 0 bridgehead atoms. The van der Waals surface area contributed by atoms with E-state index >= 15 is 0 Å². The minimum absolute atomic E-state index is 0.348. The minimum atomic E-state index is 0.348. The third kappa shape index (κ3) is 4.49. The number of ether oxygens (including phenoxy) is 3. The maximum Gasteiger partial charge on any atom is 0.153 e. The average molecular weight is 314 g/mol. The van der Waals surface area contributed by atoms with Crippen LogP contribution >= 0.6 is 0 Å². The molecule has 0 amide bonds. The lowest BCUT2D eigenvalue weighted by molar-refractivity contribution is 0.111. The number of methoxy groups -OCH3 is 1. The zero-order chi connectivity index (χ0) is 16.7. The van der Waals surface area contributed by atoms with E-state index in [-0.39, 0.29) is 0 Å². The first-order valence-electron chi connectivity index (χ1n) is 7.63. The van der Waals surface area contributed by atoms with Gasteiger partial charge in [-0.05, 0) is 29.7 Å². The summed E-state index contributed by atoms with van der Waals surface area (Å²) >= 11 is 0. The lowest BCUT2D eigenvalue weighted by Crippen LogP contribution is -2.11. The van der Waals surface area contributed by atoms with Crippen molar-refractivity contribution in [1.82, 2.24) is 0 Å². The Labute approximate surface area is 137 Å². The lowest BCUT2D eigenvalue weighted by atomic mass is 10.0. The Morgan fingerprint density at radius 3 is 2.35 bits per heavy atom. The Balaban J connectivity index is 1.95. The third-order valence-corrected chi connectivity index (χ3v) is 3.49. The molecule has 0 N–H and O–H groups in total. The van der Waals surface area contributed by atoms with Crippen molar-refractivity contribution in [2.24, 2.45) is 0 Å². The van der Waals surface area contributed by atoms with Crippen LogP contribution in [0.1, 0.15) is 35.7 Å². The van der Waals surface area contributed by atoms with Crippen LogP contribution in [-0.2, 0) is 0 Å². The average Bonchev–Trinajstić information content (AvgIpc) is 2.58. The first-order chi connectivity index (χ1) is 11.2. The Kier molecular flexibility index (Phi) is 6.03. The second-order valence-electron chi connectivity index (χ2n) is 5.41. The van der Waals surface area contributed by atoms with Crippen LogP contribution < -0.4 is 14.2 Å². The summed E-state index contributed by atoms with van der Waals surface area (Å²) in [5, 5.41) is 0. The van der Waals surface area contributed by atoms with Crippen LogP contribution in [0.5, 0.6) is 17.2 Å². The molecule has 0 atom stereocenters. The summed E-state index contributed by atoms with van der Waals surface area (Å²) in [6.45, 7) is 5.01. The molecule has 2 rings (SSSR count). The summed E-state index contributed by atoms with van der Waals surface area (Å²) in [6.07, 6.45) is 0.768. The van der Waals surface area contributed by atoms with Crippen LogP contribution in [0.3, 0.4) is 0 Å². The summed E-state index contributed by atoms with van der Waals surface area (Å²) in [7, 11) is 1.58. The number of rotatable bonds is 8. The monoisotopic (exact) mass is 314 g/mol. The molecule has 0 unspecified atom stereocenters. The number of para-hydroxylation sites is 1. The molecule has 0 saturated heterocycles. The van der Waals surface area contributed by atoms with E-state index in [1.807, 2.05) is 18.2 Å². The van der Waals surface area contributed by atoms with E-state index in [2.05, 4.69) is 19.9 Å². The summed E-state index contributed by atoms with van der Waals surface area (Å²) in [6, 6.07) is 13.1. The molecular formula is C19H22O4. The predicted octanol–water partition coefficient (Wildman–Crippen LogP) is 4.09. The van der Waals surface area contributed by atoms with Crippen molar-refractivity contribution in [2.45, 2.75) is 19.8 Å². The van der Waals surface area contributed by atoms with Gasteiger partial charge in [0.2, 0.25) is 0 Å². The first kappa shape index (κ1) is 16.9. The van der Waals surface area contributed by atoms with Gasteiger partial charge in [0, 0.05) is 6.07 Å². The highest BCUT2D eigenvalue weighted by atomic mass is 16.5. The van der Waals surface area contributed by atoms with Crippen LogP contribution in [0.2, 0.25) is 0 Å². The van der Waals surface area contributed by atoms with Crippen LogP contribution in [0, 0.1) is 0 Å². The van der Waals surface area contributed by atoms with Gasteiger partial charge in [-0.2, -0.15) is 0 Å². The topological polar surface area (TPSA) is 44.8 Å². The van der Waals surface area contributed by atoms with Crippen LogP contribution in [-0.4, -0.2) is 26.6 Å². The van der Waals surface area contributed by atoms with Crippen LogP contribution in [0.4, 0.5) is 0 Å². The molecule has 4 nitrogen and oxygen atoms in total. The van der Waals surface area contributed by atoms with E-state index in [0.29, 0.717) is 36.2 Å². The highest BCUT2D eigenvalue weighted by molar-refractivity contribution is 5.79. The predicted molar refractivity (Wildman–Crippen MR) is 89.9 cm³/mol. The zero-order valence-corrected chi connectivity index (χ0v) is 13.7. The van der Waals surface area contributed by atoms with Crippen molar-refractivity contribution in [3.63, 3.8) is 0 Å². The third-order valence-electron chi connectivity index (χ3n) is 3.49. The Morgan fingerprint density at radius 1 is 1.00 bits per heavy atom. The van der Waals surface area contributed by atoms with Crippen molar-refractivity contribution in [3.05, 3.63) is 53.6 Å². The van der Waals surface area contributed by atoms with Gasteiger partial charge >= 0.3 is 0 Å². The molecule has 0 aliphatic carbocycles. The van der Waals surface area contributed by atoms with Gasteiger partial charge in [0.05, 0.1) is 12.7 Å². The highest BCUT2D eigenvalue weighted by Crippen LogP contribution is 2.26. The second-order valence-corrected chi connectivity index (χ2v) is 5.41. The lowest BCUT2D eigenvalue weighted by Gasteiger charge is -2.14. The molecule has 0 heterocycles. The maximum absolute atomic E-state index is 11.0. The Hall–Kier alpha value is -2.49. The van der Waals surface area contributed by atoms with E-state index in [4.69, 9.17) is 14.2 Å². The van der Waals surface area contributed by atoms with Gasteiger partial charge in [-0.25, -0.2) is 0 Å². The maximum atomic E-state index is 11.0. The number of carbonyl (C=O) groups excluding carboxylic acids is 1. The molecule has 0 aromatic heterocycles. The number of hydrogen-bond acceptors (Lipinski definition) is 4. The summed E-state index contributed by atoms with van der Waals surface area (Å²) in [5.41, 5.74) is 1.66. The molecule has 0 fully saturated rings. The first-order valence-corrected chi connectivity index (χ1v) is 7.63. The molecule has 122 valence electrons. The molecule has 2 aromatic carbocycles. The van der Waals surface area contributed by atoms with Gasteiger partial charge in [0.1, 0.15) is 30.5 Å². The van der Waals surface area contributed by atoms with Crippen molar-refractivity contribution < 1.29 is 19.0 Å². The molecular weight excluding hydrogens is 292 g/mol. The van der Waals surface area contributed by atoms with E-state index in [0.717, 1.165) is 12.0 Å². The number of hydrogen-bond donors (Lipinski definition) is 0. The Morgan fingerprint density at radius 2 is 1.70 bits per heavy atom. The molecule has 0 aliphatic heterocycles. The van der Waals surface area contributed by atoms with E-state index in [9.17, 15) is 4.79 Å². The highest BCUT2D eigenvalue weighted by Gasteiger charge is 2.08. The smallest absolute Gasteiger partial charge is 0.153 e. The van der Waals surface area contributed by atoms with Crippen molar-refractivity contribution >= 4 is 6.29 Å². The fourth-order valence-electron chi connectivity index (χ4n) is 2.26. The Bertz CT molecular complexity index is 650. The molecule has 0 saturated carbocycles. The standard InChI is InChI=1S/C19H22O4/c1-14(2)17-6-4-5-7-18(17)22-10-11-23-19-12-16(21-3)9-8-15(19)13-20/h4-9,12-14H,10-11H2,1-3H3. The van der Waals surface area contributed by atoms with E-state index < -0.39 is 0 Å². The van der Waals surface area contributed by atoms with Crippen LogP contribution in [0.15, 0.2) is 42.5 Å². The fourth-order valence-corrected chi connectivity index (χ4v) is 2.26. The quantitative estimate of drug-likeness (QED) is 0.544. The molecule has 0 spiro atoms. The molecule has 0 aliphatic rings. The zero-order valence-electron chi connectivity index (χ0n) is 13.7. The van der Waals surface area contributed by atoms with Gasteiger partial charge < -0.3 is 14.2 Å². The van der Waals surface area contributed by atoms with E-state index in [1.165, 1.54) is 5.56 Å². The largest absolute Gasteiger partial charge is 0.497 e. The SMILES string of the molecule is COc1ccc(C=O)c(OCCOc2ccccc2C(C)C)c1. The van der Waals surface area contributed by atoms with Gasteiger partial charge in [-0.3, -0.25) is 4.79 Å². The van der Waals surface area contributed by atoms with Gasteiger partial charge in [-0.1, -0.05) is 32.0 Å². The molecule has 4 heteroatoms. The van der Waals surface area contributed by atoms with Crippen molar-refractivity contribution in [3.8, 4) is 17.2 Å². The van der Waals surface area contributed by atoms with Gasteiger partial charge in [-0.15, -0.1) is 0 Å². The fraction of sp³-hybridized carbons (Fsp3) is 0.316. The normalized spacial score (nSPS) is 10.4. The number of benzene rings is 2. The molecule has 2 aromatic rings. The summed E-state index contributed by atoms with van der Waals surface area (Å²) < 4.78 is 16.6. The van der Waals surface area contributed by atoms with Gasteiger partial charge in [0.25, 0.3) is 0 Å². The minimum Gasteiger partial charge on any atom is -0.497 e. The van der Waals surface area contributed by atoms with Gasteiger partial charge in [0.15, 0.2) is 6.29 Å². The summed E-state index contributed by atoms with van der Waals surface area (Å²) in [4.78, 5) is 11.0. The molecule has 23 heavy (non-hydrogen) atoms. The number of aldehydes is 1. The summed E-state index contributed by atoms with van der Waals surface area (Å²) in [5.74, 6) is 2.41. The van der Waals surface area contributed by atoms with Crippen LogP contribution in [0.25, 0.3) is 0 Å². The van der Waals surface area contributed by atoms with Crippen molar-refractivity contribution in [2.75, 3.05) is 20.3 Å². The number of carbonyl (C=O) groups is 1. The molecule has 0 radical (unpaired) electrons. The van der Waals surface area contributed by atoms with E-state index in [1.54, 1.807) is 25.3 Å². The second kappa shape index (κ2) is 8.22.